The summed E-state index contributed by atoms with van der Waals surface area (Å²) < 4.78 is 16.4. The van der Waals surface area contributed by atoms with Gasteiger partial charge in [-0.2, -0.15) is 0 Å². The first-order chi connectivity index (χ1) is 14.2. The van der Waals surface area contributed by atoms with Gasteiger partial charge in [0.05, 0.1) is 18.2 Å². The second-order valence-corrected chi connectivity index (χ2v) is 9.69. The van der Waals surface area contributed by atoms with E-state index in [0.717, 1.165) is 0 Å². The molecule has 0 radical (unpaired) electrons. The van der Waals surface area contributed by atoms with Crippen LogP contribution in [0.15, 0.2) is 18.2 Å². The Morgan fingerprint density at radius 1 is 1.13 bits per heavy atom. The van der Waals surface area contributed by atoms with E-state index >= 15 is 0 Å². The molecule has 1 atom stereocenters. The zero-order valence-corrected chi connectivity index (χ0v) is 19.5. The van der Waals surface area contributed by atoms with Gasteiger partial charge in [0.15, 0.2) is 0 Å². The summed E-state index contributed by atoms with van der Waals surface area (Å²) in [6.07, 6.45) is 0.724. The first-order valence-electron chi connectivity index (χ1n) is 10.5. The van der Waals surface area contributed by atoms with Crippen LogP contribution in [0.1, 0.15) is 60.8 Å². The minimum absolute atomic E-state index is 0.0997. The summed E-state index contributed by atoms with van der Waals surface area (Å²) in [5.74, 6) is -0.191. The van der Waals surface area contributed by atoms with Gasteiger partial charge in [0.25, 0.3) is 0 Å². The number of carbonyl (C=O) groups is 3. The van der Waals surface area contributed by atoms with Gasteiger partial charge in [-0.05, 0) is 72.6 Å². The predicted octanol–water partition coefficient (Wildman–Crippen LogP) is 4.52. The monoisotopic (exact) mass is 434 g/mol. The lowest BCUT2D eigenvalue weighted by Gasteiger charge is -2.22. The van der Waals surface area contributed by atoms with E-state index < -0.39 is 17.3 Å². The Bertz CT molecular complexity index is 822. The SMILES string of the molecule is CN1C(=O)[C@@H](CCCC(=O)OC(C)(C)C)COc2ccc(NC(=O)OC(C)(C)C)cc21. The number of benzene rings is 1. The molecule has 1 aliphatic rings. The molecule has 0 aliphatic carbocycles. The summed E-state index contributed by atoms with van der Waals surface area (Å²) >= 11 is 0. The number of hydrogen-bond acceptors (Lipinski definition) is 6. The summed E-state index contributed by atoms with van der Waals surface area (Å²) in [4.78, 5) is 38.4. The van der Waals surface area contributed by atoms with Crippen molar-refractivity contribution in [1.82, 2.24) is 0 Å². The molecular weight excluding hydrogens is 400 g/mol. The molecule has 8 heteroatoms. The van der Waals surface area contributed by atoms with Crippen molar-refractivity contribution in [1.29, 1.82) is 0 Å². The molecule has 0 bridgehead atoms. The molecule has 1 aliphatic heterocycles. The van der Waals surface area contributed by atoms with Crippen LogP contribution in [0.25, 0.3) is 0 Å². The van der Waals surface area contributed by atoms with E-state index in [4.69, 9.17) is 14.2 Å². The fourth-order valence-corrected chi connectivity index (χ4v) is 3.15. The molecule has 0 unspecified atom stereocenters. The summed E-state index contributed by atoms with van der Waals surface area (Å²) in [7, 11) is 1.67. The van der Waals surface area contributed by atoms with Crippen LogP contribution in [0.4, 0.5) is 16.2 Å². The molecule has 0 fully saturated rings. The van der Waals surface area contributed by atoms with Crippen LogP contribution in [0.2, 0.25) is 0 Å². The van der Waals surface area contributed by atoms with Gasteiger partial charge in [-0.3, -0.25) is 14.9 Å². The van der Waals surface area contributed by atoms with Gasteiger partial charge in [0, 0.05) is 19.2 Å². The predicted molar refractivity (Wildman–Crippen MR) is 118 cm³/mol. The Morgan fingerprint density at radius 3 is 2.39 bits per heavy atom. The lowest BCUT2D eigenvalue weighted by atomic mass is 10.0. The quantitative estimate of drug-likeness (QED) is 0.685. The van der Waals surface area contributed by atoms with Gasteiger partial charge in [-0.15, -0.1) is 0 Å². The Kier molecular flexibility index (Phi) is 7.57. The summed E-state index contributed by atoms with van der Waals surface area (Å²) in [5.41, 5.74) is -0.0727. The minimum Gasteiger partial charge on any atom is -0.491 e. The number of amides is 2. The van der Waals surface area contributed by atoms with E-state index in [-0.39, 0.29) is 30.8 Å². The molecule has 1 N–H and O–H groups in total. The number of esters is 1. The molecule has 2 rings (SSSR count). The van der Waals surface area contributed by atoms with E-state index in [1.165, 1.54) is 4.90 Å². The molecule has 2 amide bonds. The third kappa shape index (κ3) is 7.77. The highest BCUT2D eigenvalue weighted by Crippen LogP contribution is 2.35. The maximum Gasteiger partial charge on any atom is 0.412 e. The van der Waals surface area contributed by atoms with E-state index in [1.807, 2.05) is 20.8 Å². The molecule has 0 saturated heterocycles. The number of anilines is 2. The standard InChI is InChI=1S/C23H34N2O6/c1-22(2,3)30-19(26)10-8-9-15-14-29-18-12-11-16(13-17(18)25(7)20(15)27)24-21(28)31-23(4,5)6/h11-13,15H,8-10,14H2,1-7H3,(H,24,28)/t15-/m0/s1. The van der Waals surface area contributed by atoms with E-state index in [9.17, 15) is 14.4 Å². The van der Waals surface area contributed by atoms with Gasteiger partial charge in [0.1, 0.15) is 17.0 Å². The van der Waals surface area contributed by atoms with Crippen LogP contribution in [-0.4, -0.2) is 42.8 Å². The highest BCUT2D eigenvalue weighted by Gasteiger charge is 2.30. The Morgan fingerprint density at radius 2 is 1.77 bits per heavy atom. The van der Waals surface area contributed by atoms with Crippen LogP contribution >= 0.6 is 0 Å². The lowest BCUT2D eigenvalue weighted by molar-refractivity contribution is -0.155. The van der Waals surface area contributed by atoms with Crippen molar-refractivity contribution in [2.24, 2.45) is 5.92 Å². The first kappa shape index (κ1) is 24.5. The molecule has 1 heterocycles. The molecule has 1 aromatic carbocycles. The van der Waals surface area contributed by atoms with Crippen LogP contribution < -0.4 is 15.0 Å². The van der Waals surface area contributed by atoms with Gasteiger partial charge in [-0.25, -0.2) is 4.79 Å². The van der Waals surface area contributed by atoms with Crippen molar-refractivity contribution < 1.29 is 28.6 Å². The van der Waals surface area contributed by atoms with Crippen LogP contribution in [-0.2, 0) is 19.1 Å². The van der Waals surface area contributed by atoms with Crippen LogP contribution in [0.5, 0.6) is 5.75 Å². The average molecular weight is 435 g/mol. The van der Waals surface area contributed by atoms with Gasteiger partial charge < -0.3 is 19.1 Å². The van der Waals surface area contributed by atoms with Crippen molar-refractivity contribution in [2.45, 2.75) is 72.0 Å². The lowest BCUT2D eigenvalue weighted by Crippen LogP contribution is -2.33. The third-order valence-electron chi connectivity index (χ3n) is 4.44. The molecular formula is C23H34N2O6. The smallest absolute Gasteiger partial charge is 0.412 e. The van der Waals surface area contributed by atoms with Crippen molar-refractivity contribution in [3.63, 3.8) is 0 Å². The number of ether oxygens (including phenoxy) is 3. The maximum atomic E-state index is 13.0. The van der Waals surface area contributed by atoms with E-state index in [0.29, 0.717) is 30.0 Å². The normalized spacial score (nSPS) is 16.7. The van der Waals surface area contributed by atoms with E-state index in [1.54, 1.807) is 46.0 Å². The van der Waals surface area contributed by atoms with Gasteiger partial charge >= 0.3 is 12.1 Å². The summed E-state index contributed by atoms with van der Waals surface area (Å²) in [6, 6.07) is 5.10. The van der Waals surface area contributed by atoms with Crippen LogP contribution in [0.3, 0.4) is 0 Å². The summed E-state index contributed by atoms with van der Waals surface area (Å²) in [6.45, 7) is 11.1. The topological polar surface area (TPSA) is 94.2 Å². The fraction of sp³-hybridized carbons (Fsp3) is 0.609. The van der Waals surface area contributed by atoms with Crippen LogP contribution in [0, 0.1) is 5.92 Å². The second kappa shape index (κ2) is 9.58. The van der Waals surface area contributed by atoms with Crippen molar-refractivity contribution in [3.8, 4) is 5.75 Å². The van der Waals surface area contributed by atoms with Crippen molar-refractivity contribution in [2.75, 3.05) is 23.9 Å². The largest absolute Gasteiger partial charge is 0.491 e. The fourth-order valence-electron chi connectivity index (χ4n) is 3.15. The highest BCUT2D eigenvalue weighted by molar-refractivity contribution is 5.98. The van der Waals surface area contributed by atoms with Crippen molar-refractivity contribution >= 4 is 29.3 Å². The molecule has 0 saturated carbocycles. The highest BCUT2D eigenvalue weighted by atomic mass is 16.6. The average Bonchev–Trinajstić information content (AvgIpc) is 2.71. The van der Waals surface area contributed by atoms with Gasteiger partial charge in [-0.1, -0.05) is 0 Å². The zero-order chi connectivity index (χ0) is 23.4. The number of carbonyl (C=O) groups excluding carboxylic acids is 3. The Hall–Kier alpha value is -2.77. The van der Waals surface area contributed by atoms with Gasteiger partial charge in [0.2, 0.25) is 5.91 Å². The molecule has 8 nitrogen and oxygen atoms in total. The number of rotatable bonds is 5. The molecule has 0 spiro atoms. The number of nitrogens with one attached hydrogen (secondary N) is 1. The number of hydrogen-bond donors (Lipinski definition) is 1. The Balaban J connectivity index is 2.00. The second-order valence-electron chi connectivity index (χ2n) is 9.69. The van der Waals surface area contributed by atoms with Crippen molar-refractivity contribution in [3.05, 3.63) is 18.2 Å². The number of nitrogens with zero attached hydrogens (tertiary/aromatic N) is 1. The van der Waals surface area contributed by atoms with E-state index in [2.05, 4.69) is 5.32 Å². The third-order valence-corrected chi connectivity index (χ3v) is 4.44. The maximum absolute atomic E-state index is 13.0. The minimum atomic E-state index is -0.613. The molecule has 172 valence electrons. The zero-order valence-electron chi connectivity index (χ0n) is 19.5. The summed E-state index contributed by atoms with van der Waals surface area (Å²) in [5, 5.41) is 2.67. The number of fused-ring (bicyclic) bond motifs is 1. The Labute approximate surface area is 184 Å². The molecule has 1 aromatic rings. The molecule has 0 aromatic heterocycles. The molecule has 31 heavy (non-hydrogen) atoms. The first-order valence-corrected chi connectivity index (χ1v) is 10.5.